The van der Waals surface area contributed by atoms with Crippen LogP contribution in [0.1, 0.15) is 44.9 Å². The molecule has 3 aromatic rings. The fourth-order valence-corrected chi connectivity index (χ4v) is 4.12. The minimum atomic E-state index is -1.03. The Bertz CT molecular complexity index is 1100. The van der Waals surface area contributed by atoms with Gasteiger partial charge in [0, 0.05) is 11.1 Å². The average molecular weight is 383 g/mol. The van der Waals surface area contributed by atoms with Crippen molar-refractivity contribution < 1.29 is 19.1 Å². The summed E-state index contributed by atoms with van der Waals surface area (Å²) in [5.41, 5.74) is 4.47. The van der Waals surface area contributed by atoms with Crippen LogP contribution in [0.3, 0.4) is 0 Å². The van der Waals surface area contributed by atoms with Gasteiger partial charge in [-0.2, -0.15) is 0 Å². The number of imide groups is 1. The average Bonchev–Trinajstić information content (AvgIpc) is 3.20. The van der Waals surface area contributed by atoms with Gasteiger partial charge in [0.05, 0.1) is 11.1 Å². The van der Waals surface area contributed by atoms with Crippen LogP contribution in [0.15, 0.2) is 72.8 Å². The number of amides is 2. The molecule has 142 valence electrons. The Morgan fingerprint density at radius 2 is 1.17 bits per heavy atom. The summed E-state index contributed by atoms with van der Waals surface area (Å²) < 4.78 is 5.85. The van der Waals surface area contributed by atoms with Gasteiger partial charge in [0.2, 0.25) is 0 Å². The quantitative estimate of drug-likeness (QED) is 0.507. The second-order valence-electron chi connectivity index (χ2n) is 7.19. The highest BCUT2D eigenvalue weighted by Gasteiger charge is 2.42. The molecule has 3 aromatic carbocycles. The summed E-state index contributed by atoms with van der Waals surface area (Å²) in [5.74, 6) is -1.56. The van der Waals surface area contributed by atoms with Crippen molar-refractivity contribution in [3.05, 3.63) is 95.1 Å². The molecule has 0 saturated carbocycles. The van der Waals surface area contributed by atoms with Crippen LogP contribution in [-0.4, -0.2) is 28.7 Å². The van der Waals surface area contributed by atoms with E-state index in [1.165, 1.54) is 6.92 Å². The Balaban J connectivity index is 1.44. The van der Waals surface area contributed by atoms with Gasteiger partial charge >= 0.3 is 5.97 Å². The molecule has 0 spiro atoms. The summed E-state index contributed by atoms with van der Waals surface area (Å²) >= 11 is 0. The first-order valence-electron chi connectivity index (χ1n) is 9.43. The highest BCUT2D eigenvalue weighted by atomic mass is 16.5. The van der Waals surface area contributed by atoms with Gasteiger partial charge in [-0.05, 0) is 30.2 Å². The second kappa shape index (κ2) is 6.41. The van der Waals surface area contributed by atoms with E-state index in [-0.39, 0.29) is 0 Å². The van der Waals surface area contributed by atoms with Gasteiger partial charge in [-0.3, -0.25) is 14.5 Å². The minimum absolute atomic E-state index is 0.314. The van der Waals surface area contributed by atoms with E-state index in [1.54, 1.807) is 24.3 Å². The fourth-order valence-electron chi connectivity index (χ4n) is 4.12. The third kappa shape index (κ3) is 2.51. The van der Waals surface area contributed by atoms with Crippen molar-refractivity contribution in [3.8, 4) is 11.1 Å². The first-order valence-corrected chi connectivity index (χ1v) is 9.43. The highest BCUT2D eigenvalue weighted by molar-refractivity contribution is 6.22. The van der Waals surface area contributed by atoms with Crippen LogP contribution >= 0.6 is 0 Å². The topological polar surface area (TPSA) is 63.7 Å². The van der Waals surface area contributed by atoms with Crippen LogP contribution in [0.25, 0.3) is 11.1 Å². The SMILES string of the molecule is C[C@@H](C(=O)OC1c2ccccc2-c2ccccc21)N1C(=O)c2ccccc2C1=O. The number of carbonyl (C=O) groups is 3. The van der Waals surface area contributed by atoms with Gasteiger partial charge in [-0.1, -0.05) is 60.7 Å². The molecule has 0 radical (unpaired) electrons. The lowest BCUT2D eigenvalue weighted by molar-refractivity contribution is -0.151. The van der Waals surface area contributed by atoms with Gasteiger partial charge in [-0.15, -0.1) is 0 Å². The van der Waals surface area contributed by atoms with Crippen molar-refractivity contribution in [2.45, 2.75) is 19.1 Å². The molecule has 0 fully saturated rings. The molecule has 1 heterocycles. The van der Waals surface area contributed by atoms with Crippen molar-refractivity contribution in [2.75, 3.05) is 0 Å². The molecule has 0 aromatic heterocycles. The maximum absolute atomic E-state index is 13.0. The number of ether oxygens (including phenoxy) is 1. The fraction of sp³-hybridized carbons (Fsp3) is 0.125. The zero-order chi connectivity index (χ0) is 20.1. The van der Waals surface area contributed by atoms with E-state index in [4.69, 9.17) is 4.74 Å². The molecule has 0 saturated heterocycles. The number of benzene rings is 3. The van der Waals surface area contributed by atoms with Crippen molar-refractivity contribution in [1.82, 2.24) is 4.90 Å². The third-order valence-electron chi connectivity index (χ3n) is 5.56. The third-order valence-corrected chi connectivity index (χ3v) is 5.56. The Kier molecular flexibility index (Phi) is 3.84. The van der Waals surface area contributed by atoms with Crippen LogP contribution in [0.4, 0.5) is 0 Å². The lowest BCUT2D eigenvalue weighted by Crippen LogP contribution is -2.44. The summed E-state index contributed by atoms with van der Waals surface area (Å²) in [6, 6.07) is 21.1. The monoisotopic (exact) mass is 383 g/mol. The van der Waals surface area contributed by atoms with Gasteiger partial charge < -0.3 is 4.74 Å². The summed E-state index contributed by atoms with van der Waals surface area (Å²) in [5, 5.41) is 0. The molecule has 0 N–H and O–H groups in total. The van der Waals surface area contributed by atoms with Crippen LogP contribution in [0.2, 0.25) is 0 Å². The van der Waals surface area contributed by atoms with E-state index in [1.807, 2.05) is 48.5 Å². The molecule has 29 heavy (non-hydrogen) atoms. The summed E-state index contributed by atoms with van der Waals surface area (Å²) in [4.78, 5) is 39.3. The normalized spacial score (nSPS) is 15.7. The largest absolute Gasteiger partial charge is 0.451 e. The lowest BCUT2D eigenvalue weighted by atomic mass is 10.1. The molecule has 2 aliphatic rings. The van der Waals surface area contributed by atoms with Gasteiger partial charge in [0.15, 0.2) is 6.10 Å². The Labute approximate surface area is 167 Å². The molecule has 2 amide bonds. The van der Waals surface area contributed by atoms with E-state index in [0.717, 1.165) is 27.2 Å². The number of hydrogen-bond donors (Lipinski definition) is 0. The maximum atomic E-state index is 13.0. The van der Waals surface area contributed by atoms with Crippen molar-refractivity contribution in [1.29, 1.82) is 0 Å². The van der Waals surface area contributed by atoms with Crippen LogP contribution in [0, 0.1) is 0 Å². The van der Waals surface area contributed by atoms with Gasteiger partial charge in [-0.25, -0.2) is 4.79 Å². The standard InChI is InChI=1S/C24H17NO4/c1-14(25-22(26)19-12-6-7-13-20(19)23(25)27)24(28)29-21-17-10-4-2-8-15(17)16-9-3-5-11-18(16)21/h2-14,21H,1H3/t14-/m0/s1. The Morgan fingerprint density at radius 3 is 1.66 bits per heavy atom. The van der Waals surface area contributed by atoms with E-state index < -0.39 is 29.9 Å². The number of esters is 1. The zero-order valence-corrected chi connectivity index (χ0v) is 15.7. The van der Waals surface area contributed by atoms with E-state index >= 15 is 0 Å². The van der Waals surface area contributed by atoms with Crippen LogP contribution in [-0.2, 0) is 9.53 Å². The summed E-state index contributed by atoms with van der Waals surface area (Å²) in [6.45, 7) is 1.52. The molecular formula is C24H17NO4. The first kappa shape index (κ1) is 17.4. The van der Waals surface area contributed by atoms with Crippen molar-refractivity contribution in [3.63, 3.8) is 0 Å². The van der Waals surface area contributed by atoms with Crippen LogP contribution < -0.4 is 0 Å². The van der Waals surface area contributed by atoms with E-state index in [2.05, 4.69) is 0 Å². The molecule has 0 bridgehead atoms. The minimum Gasteiger partial charge on any atom is -0.451 e. The second-order valence-corrected chi connectivity index (χ2v) is 7.19. The first-order chi connectivity index (χ1) is 14.1. The number of fused-ring (bicyclic) bond motifs is 4. The van der Waals surface area contributed by atoms with E-state index in [9.17, 15) is 14.4 Å². The van der Waals surface area contributed by atoms with Gasteiger partial charge in [0.1, 0.15) is 6.04 Å². The molecule has 5 nitrogen and oxygen atoms in total. The summed E-state index contributed by atoms with van der Waals surface area (Å²) in [6.07, 6.45) is -0.562. The number of nitrogens with zero attached hydrogens (tertiary/aromatic N) is 1. The Hall–Kier alpha value is -3.73. The smallest absolute Gasteiger partial charge is 0.330 e. The number of rotatable bonds is 3. The van der Waals surface area contributed by atoms with Crippen molar-refractivity contribution >= 4 is 17.8 Å². The zero-order valence-electron chi connectivity index (χ0n) is 15.7. The summed E-state index contributed by atoms with van der Waals surface area (Å²) in [7, 11) is 0. The highest BCUT2D eigenvalue weighted by Crippen LogP contribution is 2.45. The number of hydrogen-bond acceptors (Lipinski definition) is 4. The lowest BCUT2D eigenvalue weighted by Gasteiger charge is -2.23. The van der Waals surface area contributed by atoms with Crippen LogP contribution in [0.5, 0.6) is 0 Å². The molecular weight excluding hydrogens is 366 g/mol. The Morgan fingerprint density at radius 1 is 0.759 bits per heavy atom. The van der Waals surface area contributed by atoms with E-state index in [0.29, 0.717) is 11.1 Å². The molecule has 0 unspecified atom stereocenters. The molecule has 5 rings (SSSR count). The predicted molar refractivity (Wildman–Crippen MR) is 106 cm³/mol. The maximum Gasteiger partial charge on any atom is 0.330 e. The molecule has 5 heteroatoms. The molecule has 1 aliphatic carbocycles. The predicted octanol–water partition coefficient (Wildman–Crippen LogP) is 3.98. The number of carbonyl (C=O) groups excluding carboxylic acids is 3. The molecule has 1 aliphatic heterocycles. The van der Waals surface area contributed by atoms with Gasteiger partial charge in [0.25, 0.3) is 11.8 Å². The molecule has 1 atom stereocenters. The van der Waals surface area contributed by atoms with Crippen molar-refractivity contribution in [2.24, 2.45) is 0 Å².